The van der Waals surface area contributed by atoms with Crippen molar-refractivity contribution in [2.75, 3.05) is 0 Å². The highest BCUT2D eigenvalue weighted by Gasteiger charge is 2.16. The maximum atomic E-state index is 11.3. The van der Waals surface area contributed by atoms with Gasteiger partial charge in [-0.2, -0.15) is 5.26 Å². The first kappa shape index (κ1) is 12.6. The van der Waals surface area contributed by atoms with Crippen LogP contribution in [0, 0.1) is 18.3 Å². The number of aromatic nitrogens is 1. The summed E-state index contributed by atoms with van der Waals surface area (Å²) in [5.74, 6) is -1.22. The van der Waals surface area contributed by atoms with Gasteiger partial charge in [0.1, 0.15) is 11.8 Å². The number of phenolic OH excluding ortho intramolecular Hbond substituents is 1. The third-order valence-electron chi connectivity index (χ3n) is 2.76. The van der Waals surface area contributed by atoms with Crippen LogP contribution in [0.25, 0.3) is 11.3 Å². The van der Waals surface area contributed by atoms with Crippen LogP contribution >= 0.6 is 0 Å². The fourth-order valence-electron chi connectivity index (χ4n) is 1.82. The Kier molecular flexibility index (Phi) is 3.17. The first-order valence-electron chi connectivity index (χ1n) is 5.47. The predicted molar refractivity (Wildman–Crippen MR) is 67.7 cm³/mol. The van der Waals surface area contributed by atoms with Crippen molar-refractivity contribution in [3.63, 3.8) is 0 Å². The predicted octanol–water partition coefficient (Wildman–Crippen LogP) is 2.33. The molecule has 1 aromatic heterocycles. The highest BCUT2D eigenvalue weighted by atomic mass is 16.4. The molecule has 0 fully saturated rings. The first-order chi connectivity index (χ1) is 9.04. The molecule has 0 atom stereocenters. The summed E-state index contributed by atoms with van der Waals surface area (Å²) in [6, 6.07) is 7.76. The molecule has 0 bridgehead atoms. The highest BCUT2D eigenvalue weighted by molar-refractivity contribution is 5.96. The second-order valence-corrected chi connectivity index (χ2v) is 4.00. The molecule has 0 saturated heterocycles. The molecule has 1 heterocycles. The van der Waals surface area contributed by atoms with Crippen LogP contribution in [0.2, 0.25) is 0 Å². The first-order valence-corrected chi connectivity index (χ1v) is 5.47. The summed E-state index contributed by atoms with van der Waals surface area (Å²) in [5, 5.41) is 27.6. The van der Waals surface area contributed by atoms with Crippen molar-refractivity contribution in [2.24, 2.45) is 0 Å². The number of nitriles is 1. The van der Waals surface area contributed by atoms with E-state index in [0.29, 0.717) is 11.1 Å². The Morgan fingerprint density at radius 2 is 2.11 bits per heavy atom. The van der Waals surface area contributed by atoms with Crippen molar-refractivity contribution < 1.29 is 15.0 Å². The largest absolute Gasteiger partial charge is 0.507 e. The minimum absolute atomic E-state index is 0.0807. The summed E-state index contributed by atoms with van der Waals surface area (Å²) >= 11 is 0. The molecule has 0 aliphatic heterocycles. The van der Waals surface area contributed by atoms with E-state index in [1.54, 1.807) is 13.0 Å². The fourth-order valence-corrected chi connectivity index (χ4v) is 1.82. The Balaban J connectivity index is 2.70. The number of carboxylic acids is 1. The molecule has 2 N–H and O–H groups in total. The number of aromatic hydroxyl groups is 1. The molecule has 0 spiro atoms. The van der Waals surface area contributed by atoms with Crippen molar-refractivity contribution in [2.45, 2.75) is 6.92 Å². The Morgan fingerprint density at radius 1 is 1.37 bits per heavy atom. The SMILES string of the molecule is Cc1ccnc(-c2ccc(O)c(C#N)c2)c1C(=O)O. The Morgan fingerprint density at radius 3 is 2.74 bits per heavy atom. The lowest BCUT2D eigenvalue weighted by molar-refractivity contribution is 0.0696. The van der Waals surface area contributed by atoms with E-state index in [4.69, 9.17) is 5.26 Å². The normalized spacial score (nSPS) is 9.89. The monoisotopic (exact) mass is 254 g/mol. The summed E-state index contributed by atoms with van der Waals surface area (Å²) in [6.07, 6.45) is 1.51. The van der Waals surface area contributed by atoms with E-state index in [1.807, 2.05) is 6.07 Å². The minimum atomic E-state index is -1.08. The second kappa shape index (κ2) is 4.78. The van der Waals surface area contributed by atoms with Gasteiger partial charge in [0.25, 0.3) is 0 Å². The number of carboxylic acid groups (broad SMARTS) is 1. The number of carbonyl (C=O) groups is 1. The van der Waals surface area contributed by atoms with Crippen molar-refractivity contribution in [1.29, 1.82) is 5.26 Å². The third-order valence-corrected chi connectivity index (χ3v) is 2.76. The van der Waals surface area contributed by atoms with Crippen LogP contribution in [0.1, 0.15) is 21.5 Å². The Labute approximate surface area is 109 Å². The zero-order valence-corrected chi connectivity index (χ0v) is 10.1. The molecule has 0 amide bonds. The van der Waals surface area contributed by atoms with E-state index in [2.05, 4.69) is 4.98 Å². The number of phenols is 1. The van der Waals surface area contributed by atoms with Crippen LogP contribution in [0.3, 0.4) is 0 Å². The summed E-state index contributed by atoms with van der Waals surface area (Å²) in [6.45, 7) is 1.68. The van der Waals surface area contributed by atoms with Crippen LogP contribution in [0.5, 0.6) is 5.75 Å². The van der Waals surface area contributed by atoms with Gasteiger partial charge < -0.3 is 10.2 Å². The molecule has 94 valence electrons. The number of aromatic carboxylic acids is 1. The van der Waals surface area contributed by atoms with Gasteiger partial charge in [0.05, 0.1) is 16.8 Å². The smallest absolute Gasteiger partial charge is 0.338 e. The summed E-state index contributed by atoms with van der Waals surface area (Å²) in [4.78, 5) is 15.3. The van der Waals surface area contributed by atoms with E-state index >= 15 is 0 Å². The van der Waals surface area contributed by atoms with E-state index in [9.17, 15) is 15.0 Å². The average molecular weight is 254 g/mol. The lowest BCUT2D eigenvalue weighted by atomic mass is 10.00. The number of rotatable bonds is 2. The molecule has 0 aliphatic carbocycles. The maximum absolute atomic E-state index is 11.3. The van der Waals surface area contributed by atoms with Crippen molar-refractivity contribution >= 4 is 5.97 Å². The van der Waals surface area contributed by atoms with Crippen LogP contribution in [-0.2, 0) is 0 Å². The highest BCUT2D eigenvalue weighted by Crippen LogP contribution is 2.27. The van der Waals surface area contributed by atoms with E-state index in [-0.39, 0.29) is 22.6 Å². The molecule has 2 aromatic rings. The molecule has 0 aliphatic rings. The van der Waals surface area contributed by atoms with Crippen LogP contribution < -0.4 is 0 Å². The molecule has 19 heavy (non-hydrogen) atoms. The number of benzene rings is 1. The maximum Gasteiger partial charge on any atom is 0.338 e. The van der Waals surface area contributed by atoms with Gasteiger partial charge in [-0.25, -0.2) is 4.79 Å². The van der Waals surface area contributed by atoms with Gasteiger partial charge in [0.15, 0.2) is 0 Å². The van der Waals surface area contributed by atoms with Crippen molar-refractivity contribution in [1.82, 2.24) is 4.98 Å². The molecule has 0 unspecified atom stereocenters. The van der Waals surface area contributed by atoms with Gasteiger partial charge in [0, 0.05) is 11.8 Å². The zero-order chi connectivity index (χ0) is 14.0. The number of aryl methyl sites for hydroxylation is 1. The van der Waals surface area contributed by atoms with Crippen molar-refractivity contribution in [3.05, 3.63) is 47.2 Å². The standard InChI is InChI=1S/C14H10N2O3/c1-8-4-5-16-13(12(8)14(18)19)9-2-3-11(17)10(6-9)7-15/h2-6,17H,1H3,(H,18,19). The molecular weight excluding hydrogens is 244 g/mol. The summed E-state index contributed by atoms with van der Waals surface area (Å²) < 4.78 is 0. The van der Waals surface area contributed by atoms with Gasteiger partial charge >= 0.3 is 5.97 Å². The average Bonchev–Trinajstić information content (AvgIpc) is 2.38. The van der Waals surface area contributed by atoms with E-state index < -0.39 is 5.97 Å². The van der Waals surface area contributed by atoms with E-state index in [0.717, 1.165) is 0 Å². The minimum Gasteiger partial charge on any atom is -0.507 e. The second-order valence-electron chi connectivity index (χ2n) is 4.00. The number of pyridine rings is 1. The number of nitrogens with zero attached hydrogens (tertiary/aromatic N) is 2. The molecule has 2 rings (SSSR count). The molecule has 0 radical (unpaired) electrons. The topological polar surface area (TPSA) is 94.2 Å². The Bertz CT molecular complexity index is 702. The van der Waals surface area contributed by atoms with Gasteiger partial charge in [-0.05, 0) is 36.8 Å². The van der Waals surface area contributed by atoms with Gasteiger partial charge in [0.2, 0.25) is 0 Å². The fraction of sp³-hybridized carbons (Fsp3) is 0.0714. The Hall–Kier alpha value is -2.87. The van der Waals surface area contributed by atoms with Crippen LogP contribution in [0.4, 0.5) is 0 Å². The van der Waals surface area contributed by atoms with E-state index in [1.165, 1.54) is 24.4 Å². The number of hydrogen-bond donors (Lipinski definition) is 2. The number of hydrogen-bond acceptors (Lipinski definition) is 4. The lowest BCUT2D eigenvalue weighted by Crippen LogP contribution is -2.04. The lowest BCUT2D eigenvalue weighted by Gasteiger charge is -2.08. The molecule has 1 aromatic carbocycles. The summed E-state index contributed by atoms with van der Waals surface area (Å²) in [7, 11) is 0. The molecule has 5 heteroatoms. The summed E-state index contributed by atoms with van der Waals surface area (Å²) in [5.41, 5.74) is 1.53. The van der Waals surface area contributed by atoms with Crippen LogP contribution in [0.15, 0.2) is 30.5 Å². The van der Waals surface area contributed by atoms with Crippen LogP contribution in [-0.4, -0.2) is 21.2 Å². The quantitative estimate of drug-likeness (QED) is 0.857. The van der Waals surface area contributed by atoms with Gasteiger partial charge in [-0.3, -0.25) is 4.98 Å². The molecular formula is C14H10N2O3. The van der Waals surface area contributed by atoms with Crippen molar-refractivity contribution in [3.8, 4) is 23.1 Å². The third kappa shape index (κ3) is 2.24. The molecule has 5 nitrogen and oxygen atoms in total. The van der Waals surface area contributed by atoms with Gasteiger partial charge in [-0.1, -0.05) is 0 Å². The zero-order valence-electron chi connectivity index (χ0n) is 10.1. The van der Waals surface area contributed by atoms with Gasteiger partial charge in [-0.15, -0.1) is 0 Å². The molecule has 0 saturated carbocycles.